The maximum absolute atomic E-state index is 11.7. The molecular formula is C19H16O3. The summed E-state index contributed by atoms with van der Waals surface area (Å²) in [4.78, 5) is 23.1. The number of hydrogen-bond donors (Lipinski definition) is 0. The molecule has 0 radical (unpaired) electrons. The molecule has 3 heteroatoms. The van der Waals surface area contributed by atoms with E-state index in [0.29, 0.717) is 11.1 Å². The fourth-order valence-corrected chi connectivity index (χ4v) is 2.05. The molecule has 0 aliphatic carbocycles. The van der Waals surface area contributed by atoms with E-state index in [1.54, 1.807) is 24.3 Å². The van der Waals surface area contributed by atoms with Crippen molar-refractivity contribution in [2.75, 3.05) is 0 Å². The number of ether oxygens (including phenoxy) is 1. The molecule has 0 aromatic heterocycles. The molecule has 0 amide bonds. The molecule has 3 nitrogen and oxygen atoms in total. The standard InChI is InChI=1S/C19H16O3/c1-14(20)17-10-6-7-11-18(17)19(22-15(2)21)13-12-16-8-4-3-5-9-16/h3-11,19H,1-2H3. The smallest absolute Gasteiger partial charge is 0.304 e. The fourth-order valence-electron chi connectivity index (χ4n) is 2.05. The van der Waals surface area contributed by atoms with Gasteiger partial charge >= 0.3 is 5.97 Å². The molecule has 110 valence electrons. The lowest BCUT2D eigenvalue weighted by Crippen LogP contribution is -2.10. The van der Waals surface area contributed by atoms with Crippen molar-refractivity contribution < 1.29 is 14.3 Å². The molecule has 0 fully saturated rings. The van der Waals surface area contributed by atoms with Gasteiger partial charge in [0.1, 0.15) is 0 Å². The number of carbonyl (C=O) groups excluding carboxylic acids is 2. The van der Waals surface area contributed by atoms with Gasteiger partial charge in [-0.05, 0) is 25.0 Å². The molecule has 0 bridgehead atoms. The van der Waals surface area contributed by atoms with Crippen molar-refractivity contribution in [1.29, 1.82) is 0 Å². The molecular weight excluding hydrogens is 276 g/mol. The van der Waals surface area contributed by atoms with Crippen LogP contribution in [0.4, 0.5) is 0 Å². The number of esters is 1. The Morgan fingerprint density at radius 1 is 0.955 bits per heavy atom. The van der Waals surface area contributed by atoms with Crippen molar-refractivity contribution in [2.24, 2.45) is 0 Å². The summed E-state index contributed by atoms with van der Waals surface area (Å²) in [6.07, 6.45) is -0.766. The minimum Gasteiger partial charge on any atom is -0.444 e. The first-order valence-electron chi connectivity index (χ1n) is 6.91. The van der Waals surface area contributed by atoms with Gasteiger partial charge in [0, 0.05) is 23.6 Å². The van der Waals surface area contributed by atoms with E-state index >= 15 is 0 Å². The minimum absolute atomic E-state index is 0.0886. The Hall–Kier alpha value is -2.86. The van der Waals surface area contributed by atoms with Crippen molar-refractivity contribution in [3.8, 4) is 11.8 Å². The van der Waals surface area contributed by atoms with E-state index in [0.717, 1.165) is 5.56 Å². The third-order valence-corrected chi connectivity index (χ3v) is 3.03. The SMILES string of the molecule is CC(=O)OC(C#Cc1ccccc1)c1ccccc1C(C)=O. The van der Waals surface area contributed by atoms with Crippen molar-refractivity contribution in [3.05, 3.63) is 71.3 Å². The largest absolute Gasteiger partial charge is 0.444 e. The molecule has 0 saturated heterocycles. The van der Waals surface area contributed by atoms with E-state index in [2.05, 4.69) is 11.8 Å². The second-order valence-electron chi connectivity index (χ2n) is 4.77. The second-order valence-corrected chi connectivity index (χ2v) is 4.77. The Labute approximate surface area is 129 Å². The molecule has 0 aliphatic rings. The number of ketones is 1. The topological polar surface area (TPSA) is 43.4 Å². The molecule has 1 atom stereocenters. The van der Waals surface area contributed by atoms with Crippen LogP contribution < -0.4 is 0 Å². The van der Waals surface area contributed by atoms with Crippen LogP contribution >= 0.6 is 0 Å². The summed E-state index contributed by atoms with van der Waals surface area (Å²) in [7, 11) is 0. The zero-order chi connectivity index (χ0) is 15.9. The molecule has 0 spiro atoms. The van der Waals surface area contributed by atoms with E-state index < -0.39 is 12.1 Å². The molecule has 0 saturated carbocycles. The number of hydrogen-bond acceptors (Lipinski definition) is 3. The number of carbonyl (C=O) groups is 2. The van der Waals surface area contributed by atoms with Gasteiger partial charge in [-0.15, -0.1) is 0 Å². The van der Waals surface area contributed by atoms with Gasteiger partial charge in [-0.2, -0.15) is 0 Å². The van der Waals surface area contributed by atoms with Crippen molar-refractivity contribution in [2.45, 2.75) is 20.0 Å². The van der Waals surface area contributed by atoms with Gasteiger partial charge in [-0.3, -0.25) is 9.59 Å². The maximum Gasteiger partial charge on any atom is 0.304 e. The van der Waals surface area contributed by atoms with Crippen molar-refractivity contribution in [3.63, 3.8) is 0 Å². The Morgan fingerprint density at radius 2 is 1.59 bits per heavy atom. The minimum atomic E-state index is -0.766. The Bertz CT molecular complexity index is 736. The lowest BCUT2D eigenvalue weighted by atomic mass is 9.99. The van der Waals surface area contributed by atoms with Crippen LogP contribution in [0.1, 0.15) is 41.4 Å². The average Bonchev–Trinajstić information content (AvgIpc) is 2.52. The normalized spacial score (nSPS) is 11.0. The van der Waals surface area contributed by atoms with E-state index in [1.807, 2.05) is 30.3 Å². The van der Waals surface area contributed by atoms with Crippen LogP contribution in [0.3, 0.4) is 0 Å². The van der Waals surface area contributed by atoms with Gasteiger partial charge in [-0.25, -0.2) is 0 Å². The van der Waals surface area contributed by atoms with Crippen LogP contribution in [0.5, 0.6) is 0 Å². The van der Waals surface area contributed by atoms with Gasteiger partial charge in [0.05, 0.1) is 0 Å². The van der Waals surface area contributed by atoms with Crippen LogP contribution in [0.25, 0.3) is 0 Å². The van der Waals surface area contributed by atoms with Crippen LogP contribution in [0.2, 0.25) is 0 Å². The molecule has 2 aromatic carbocycles. The fraction of sp³-hybridized carbons (Fsp3) is 0.158. The van der Waals surface area contributed by atoms with Crippen LogP contribution in [-0.2, 0) is 9.53 Å². The Morgan fingerprint density at radius 3 is 2.23 bits per heavy atom. The molecule has 0 aliphatic heterocycles. The zero-order valence-electron chi connectivity index (χ0n) is 12.5. The number of rotatable bonds is 3. The lowest BCUT2D eigenvalue weighted by molar-refractivity contribution is -0.144. The maximum atomic E-state index is 11.7. The van der Waals surface area contributed by atoms with E-state index in [4.69, 9.17) is 4.74 Å². The second kappa shape index (κ2) is 7.24. The lowest BCUT2D eigenvalue weighted by Gasteiger charge is -2.14. The molecule has 0 heterocycles. The van der Waals surface area contributed by atoms with Crippen LogP contribution in [0, 0.1) is 11.8 Å². The van der Waals surface area contributed by atoms with Gasteiger partial charge in [0.2, 0.25) is 0 Å². The Balaban J connectivity index is 2.42. The summed E-state index contributed by atoms with van der Waals surface area (Å²) < 4.78 is 5.28. The number of benzene rings is 2. The van der Waals surface area contributed by atoms with Crippen molar-refractivity contribution in [1.82, 2.24) is 0 Å². The average molecular weight is 292 g/mol. The van der Waals surface area contributed by atoms with Crippen LogP contribution in [-0.4, -0.2) is 11.8 Å². The van der Waals surface area contributed by atoms with Gasteiger partial charge in [-0.1, -0.05) is 48.4 Å². The highest BCUT2D eigenvalue weighted by atomic mass is 16.5. The van der Waals surface area contributed by atoms with Gasteiger partial charge in [0.15, 0.2) is 11.9 Å². The van der Waals surface area contributed by atoms with E-state index in [9.17, 15) is 9.59 Å². The molecule has 1 unspecified atom stereocenters. The summed E-state index contributed by atoms with van der Waals surface area (Å²) in [6.45, 7) is 2.81. The predicted octanol–water partition coefficient (Wildman–Crippen LogP) is 3.55. The molecule has 0 N–H and O–H groups in total. The highest BCUT2D eigenvalue weighted by molar-refractivity contribution is 5.95. The highest BCUT2D eigenvalue weighted by Gasteiger charge is 2.17. The quantitative estimate of drug-likeness (QED) is 0.493. The van der Waals surface area contributed by atoms with E-state index in [1.165, 1.54) is 13.8 Å². The molecule has 22 heavy (non-hydrogen) atoms. The van der Waals surface area contributed by atoms with Gasteiger partial charge in [0.25, 0.3) is 0 Å². The first kappa shape index (κ1) is 15.5. The van der Waals surface area contributed by atoms with E-state index in [-0.39, 0.29) is 5.78 Å². The zero-order valence-corrected chi connectivity index (χ0v) is 12.5. The molecule has 2 rings (SSSR count). The third-order valence-electron chi connectivity index (χ3n) is 3.03. The van der Waals surface area contributed by atoms with Crippen molar-refractivity contribution >= 4 is 11.8 Å². The molecule has 2 aromatic rings. The summed E-state index contributed by atoms with van der Waals surface area (Å²) in [5, 5.41) is 0. The summed E-state index contributed by atoms with van der Waals surface area (Å²) in [6, 6.07) is 16.4. The summed E-state index contributed by atoms with van der Waals surface area (Å²) in [5.74, 6) is 5.38. The first-order chi connectivity index (χ1) is 10.6. The number of Topliss-reactive ketones (excluding diaryl/α,β-unsaturated/α-hetero) is 1. The summed E-state index contributed by atoms with van der Waals surface area (Å²) in [5.41, 5.74) is 1.93. The van der Waals surface area contributed by atoms with Crippen LogP contribution in [0.15, 0.2) is 54.6 Å². The monoisotopic (exact) mass is 292 g/mol. The highest BCUT2D eigenvalue weighted by Crippen LogP contribution is 2.22. The first-order valence-corrected chi connectivity index (χ1v) is 6.91. The Kier molecular flexibility index (Phi) is 5.11. The third kappa shape index (κ3) is 4.07. The summed E-state index contributed by atoms with van der Waals surface area (Å²) >= 11 is 0. The van der Waals surface area contributed by atoms with Gasteiger partial charge < -0.3 is 4.74 Å². The predicted molar refractivity (Wildman–Crippen MR) is 84.3 cm³/mol.